The summed E-state index contributed by atoms with van der Waals surface area (Å²) in [6.45, 7) is 1.65. The summed E-state index contributed by atoms with van der Waals surface area (Å²) in [6.07, 6.45) is 0.540. The Labute approximate surface area is 82.4 Å². The van der Waals surface area contributed by atoms with Crippen LogP contribution >= 0.6 is 0 Å². The number of carbonyl (C=O) groups excluding carboxylic acids is 1. The van der Waals surface area contributed by atoms with Gasteiger partial charge < -0.3 is 19.9 Å². The number of carbonyl (C=O) groups is 1. The van der Waals surface area contributed by atoms with E-state index >= 15 is 0 Å². The molecule has 2 fully saturated rings. The van der Waals surface area contributed by atoms with Crippen LogP contribution in [-0.4, -0.2) is 50.1 Å². The SMILES string of the molecule is COC(=O)C1(C2(O)CNC2)CCOC1. The lowest BCUT2D eigenvalue weighted by Gasteiger charge is -2.48. The smallest absolute Gasteiger partial charge is 0.317 e. The summed E-state index contributed by atoms with van der Waals surface area (Å²) in [6, 6.07) is 0. The maximum atomic E-state index is 11.7. The van der Waals surface area contributed by atoms with E-state index in [0.717, 1.165) is 0 Å². The van der Waals surface area contributed by atoms with Crippen molar-refractivity contribution >= 4 is 5.97 Å². The molecule has 1 atom stereocenters. The largest absolute Gasteiger partial charge is 0.468 e. The number of aliphatic hydroxyl groups is 1. The molecule has 0 aliphatic carbocycles. The number of hydrogen-bond donors (Lipinski definition) is 2. The summed E-state index contributed by atoms with van der Waals surface area (Å²) in [5, 5.41) is 13.2. The Kier molecular flexibility index (Phi) is 2.25. The first-order chi connectivity index (χ1) is 6.65. The lowest BCUT2D eigenvalue weighted by Crippen LogP contribution is -2.71. The van der Waals surface area contributed by atoms with Crippen LogP contribution in [0.1, 0.15) is 6.42 Å². The van der Waals surface area contributed by atoms with Crippen LogP contribution in [0.25, 0.3) is 0 Å². The Morgan fingerprint density at radius 2 is 2.29 bits per heavy atom. The summed E-state index contributed by atoms with van der Waals surface area (Å²) in [5.41, 5.74) is -1.84. The van der Waals surface area contributed by atoms with Crippen molar-refractivity contribution in [2.24, 2.45) is 5.41 Å². The van der Waals surface area contributed by atoms with Crippen LogP contribution in [0, 0.1) is 5.41 Å². The second-order valence-corrected chi connectivity index (χ2v) is 4.01. The minimum atomic E-state index is -0.989. The molecule has 5 nitrogen and oxygen atoms in total. The Morgan fingerprint density at radius 1 is 1.57 bits per heavy atom. The van der Waals surface area contributed by atoms with Gasteiger partial charge in [0.15, 0.2) is 0 Å². The van der Waals surface area contributed by atoms with E-state index in [4.69, 9.17) is 9.47 Å². The zero-order valence-corrected chi connectivity index (χ0v) is 8.21. The van der Waals surface area contributed by atoms with Gasteiger partial charge in [-0.25, -0.2) is 0 Å². The summed E-state index contributed by atoms with van der Waals surface area (Å²) in [7, 11) is 1.35. The minimum Gasteiger partial charge on any atom is -0.468 e. The molecule has 1 unspecified atom stereocenters. The van der Waals surface area contributed by atoms with Crippen LogP contribution < -0.4 is 5.32 Å². The van der Waals surface area contributed by atoms with Crippen molar-refractivity contribution < 1.29 is 19.4 Å². The standard InChI is InChI=1S/C9H15NO4/c1-13-7(11)8(2-3-14-6-8)9(12)4-10-5-9/h10,12H,2-6H2,1H3. The molecule has 0 saturated carbocycles. The van der Waals surface area contributed by atoms with Gasteiger partial charge in [0.1, 0.15) is 11.0 Å². The highest BCUT2D eigenvalue weighted by Gasteiger charge is 2.61. The molecule has 5 heteroatoms. The molecular formula is C9H15NO4. The normalized spacial score (nSPS) is 35.0. The first kappa shape index (κ1) is 9.89. The summed E-state index contributed by atoms with van der Waals surface area (Å²) in [4.78, 5) is 11.7. The first-order valence-corrected chi connectivity index (χ1v) is 4.74. The average molecular weight is 201 g/mol. The highest BCUT2D eigenvalue weighted by Crippen LogP contribution is 2.42. The molecule has 0 aromatic rings. The second-order valence-electron chi connectivity index (χ2n) is 4.01. The number of methoxy groups -OCH3 is 1. The fourth-order valence-electron chi connectivity index (χ4n) is 2.18. The summed E-state index contributed by atoms with van der Waals surface area (Å²) >= 11 is 0. The van der Waals surface area contributed by atoms with Gasteiger partial charge in [0.05, 0.1) is 13.7 Å². The van der Waals surface area contributed by atoms with Crippen molar-refractivity contribution in [2.75, 3.05) is 33.4 Å². The maximum Gasteiger partial charge on any atom is 0.317 e. The molecule has 0 aromatic heterocycles. The number of hydrogen-bond acceptors (Lipinski definition) is 5. The number of ether oxygens (including phenoxy) is 2. The highest BCUT2D eigenvalue weighted by atomic mass is 16.5. The van der Waals surface area contributed by atoms with Crippen LogP contribution in [0.15, 0.2) is 0 Å². The fourth-order valence-corrected chi connectivity index (χ4v) is 2.18. The molecule has 2 aliphatic heterocycles. The van der Waals surface area contributed by atoms with Gasteiger partial charge in [-0.1, -0.05) is 0 Å². The lowest BCUT2D eigenvalue weighted by atomic mass is 9.68. The van der Waals surface area contributed by atoms with Crippen LogP contribution in [-0.2, 0) is 14.3 Å². The van der Waals surface area contributed by atoms with Crippen molar-refractivity contribution in [3.63, 3.8) is 0 Å². The first-order valence-electron chi connectivity index (χ1n) is 4.74. The fraction of sp³-hybridized carbons (Fsp3) is 0.889. The Bertz CT molecular complexity index is 243. The predicted molar refractivity (Wildman–Crippen MR) is 47.7 cm³/mol. The van der Waals surface area contributed by atoms with E-state index in [1.165, 1.54) is 7.11 Å². The quantitative estimate of drug-likeness (QED) is 0.555. The van der Waals surface area contributed by atoms with E-state index in [2.05, 4.69) is 5.32 Å². The van der Waals surface area contributed by atoms with E-state index in [9.17, 15) is 9.90 Å². The van der Waals surface area contributed by atoms with Crippen LogP contribution in [0.2, 0.25) is 0 Å². The van der Waals surface area contributed by atoms with E-state index in [-0.39, 0.29) is 12.6 Å². The molecule has 0 bridgehead atoms. The molecule has 14 heavy (non-hydrogen) atoms. The minimum absolute atomic E-state index is 0.262. The van der Waals surface area contributed by atoms with Crippen LogP contribution in [0.5, 0.6) is 0 Å². The van der Waals surface area contributed by atoms with Crippen molar-refractivity contribution in [2.45, 2.75) is 12.0 Å². The van der Waals surface area contributed by atoms with Gasteiger partial charge in [-0.05, 0) is 6.42 Å². The molecule has 2 N–H and O–H groups in total. The predicted octanol–water partition coefficient (Wildman–Crippen LogP) is -1.10. The van der Waals surface area contributed by atoms with Crippen LogP contribution in [0.4, 0.5) is 0 Å². The Morgan fingerprint density at radius 3 is 2.64 bits per heavy atom. The van der Waals surface area contributed by atoms with E-state index in [1.807, 2.05) is 0 Å². The molecule has 0 spiro atoms. The third-order valence-electron chi connectivity index (χ3n) is 3.32. The number of β-amino-alcohol motifs (C(OH)–C–C–N with tert-alkyl or cyclic N) is 1. The van der Waals surface area contributed by atoms with Crippen molar-refractivity contribution in [3.8, 4) is 0 Å². The van der Waals surface area contributed by atoms with Gasteiger partial charge in [-0.3, -0.25) is 4.79 Å². The van der Waals surface area contributed by atoms with Gasteiger partial charge in [-0.15, -0.1) is 0 Å². The maximum absolute atomic E-state index is 11.7. The molecule has 2 aliphatic rings. The lowest BCUT2D eigenvalue weighted by molar-refractivity contribution is -0.181. The van der Waals surface area contributed by atoms with E-state index < -0.39 is 11.0 Å². The van der Waals surface area contributed by atoms with E-state index in [1.54, 1.807) is 0 Å². The molecule has 0 radical (unpaired) electrons. The van der Waals surface area contributed by atoms with Gasteiger partial charge >= 0.3 is 5.97 Å². The third-order valence-corrected chi connectivity index (χ3v) is 3.32. The zero-order valence-electron chi connectivity index (χ0n) is 8.21. The molecule has 80 valence electrons. The summed E-state index contributed by atoms with van der Waals surface area (Å²) < 4.78 is 9.97. The second kappa shape index (κ2) is 3.18. The number of rotatable bonds is 2. The Balaban J connectivity index is 2.25. The number of nitrogens with one attached hydrogen (secondary N) is 1. The van der Waals surface area contributed by atoms with Gasteiger partial charge in [-0.2, -0.15) is 0 Å². The van der Waals surface area contributed by atoms with Crippen molar-refractivity contribution in [1.82, 2.24) is 5.32 Å². The van der Waals surface area contributed by atoms with Gasteiger partial charge in [0.2, 0.25) is 0 Å². The Hall–Kier alpha value is -0.650. The van der Waals surface area contributed by atoms with Gasteiger partial charge in [0, 0.05) is 19.7 Å². The summed E-state index contributed by atoms with van der Waals surface area (Å²) in [5.74, 6) is -0.362. The van der Waals surface area contributed by atoms with E-state index in [0.29, 0.717) is 26.1 Å². The highest BCUT2D eigenvalue weighted by molar-refractivity contribution is 5.79. The molecule has 2 heterocycles. The van der Waals surface area contributed by atoms with Crippen LogP contribution in [0.3, 0.4) is 0 Å². The topological polar surface area (TPSA) is 67.8 Å². The molecule has 0 amide bonds. The zero-order chi connectivity index (χ0) is 10.2. The molecular weight excluding hydrogens is 186 g/mol. The van der Waals surface area contributed by atoms with Crippen molar-refractivity contribution in [1.29, 1.82) is 0 Å². The molecule has 0 aromatic carbocycles. The van der Waals surface area contributed by atoms with Gasteiger partial charge in [0.25, 0.3) is 0 Å². The number of esters is 1. The monoisotopic (exact) mass is 201 g/mol. The average Bonchev–Trinajstić information content (AvgIpc) is 2.63. The third kappa shape index (κ3) is 1.09. The molecule has 2 saturated heterocycles. The molecule has 2 rings (SSSR count). The van der Waals surface area contributed by atoms with Crippen molar-refractivity contribution in [3.05, 3.63) is 0 Å².